The number of nitrogens with one attached hydrogen (secondary N) is 1. The van der Waals surface area contributed by atoms with Gasteiger partial charge in [-0.05, 0) is 17.7 Å². The summed E-state index contributed by atoms with van der Waals surface area (Å²) in [5.74, 6) is 0.0646. The minimum absolute atomic E-state index is 0.0646. The number of carbonyl (C=O) groups is 1. The Hall–Kier alpha value is -3.26. The lowest BCUT2D eigenvalue weighted by atomic mass is 10.1. The van der Waals surface area contributed by atoms with Crippen molar-refractivity contribution in [3.05, 3.63) is 70.3 Å². The molecule has 0 saturated carbocycles. The Kier molecular flexibility index (Phi) is 5.53. The van der Waals surface area contributed by atoms with E-state index in [-0.39, 0.29) is 16.5 Å². The SMILES string of the molecule is O=C(C[NH+]1CCN(c2ccc([N+](=O)[O-])cc2)CC1)N1CCC(c2ccccc2)=N1. The van der Waals surface area contributed by atoms with Crippen molar-refractivity contribution in [3.8, 4) is 0 Å². The van der Waals surface area contributed by atoms with E-state index in [4.69, 9.17) is 0 Å². The summed E-state index contributed by atoms with van der Waals surface area (Å²) in [6.07, 6.45) is 0.791. The Morgan fingerprint density at radius 3 is 2.38 bits per heavy atom. The molecule has 0 unspecified atom stereocenters. The minimum atomic E-state index is -0.387. The maximum atomic E-state index is 12.7. The molecule has 2 aromatic carbocycles. The molecule has 4 rings (SSSR count). The fourth-order valence-corrected chi connectivity index (χ4v) is 3.82. The summed E-state index contributed by atoms with van der Waals surface area (Å²) in [5, 5.41) is 16.9. The van der Waals surface area contributed by atoms with Gasteiger partial charge < -0.3 is 9.80 Å². The number of benzene rings is 2. The molecule has 0 aliphatic carbocycles. The maximum absolute atomic E-state index is 12.7. The van der Waals surface area contributed by atoms with Crippen molar-refractivity contribution >= 4 is 23.0 Å². The number of rotatable bonds is 5. The molecule has 1 fully saturated rings. The molecule has 29 heavy (non-hydrogen) atoms. The van der Waals surface area contributed by atoms with Crippen LogP contribution in [-0.4, -0.2) is 60.8 Å². The van der Waals surface area contributed by atoms with Gasteiger partial charge in [-0.15, -0.1) is 0 Å². The zero-order valence-corrected chi connectivity index (χ0v) is 16.2. The van der Waals surface area contributed by atoms with Crippen LogP contribution in [0, 0.1) is 10.1 Å². The van der Waals surface area contributed by atoms with Gasteiger partial charge in [0.1, 0.15) is 0 Å². The van der Waals surface area contributed by atoms with Crippen LogP contribution in [0.25, 0.3) is 0 Å². The van der Waals surface area contributed by atoms with Crippen molar-refractivity contribution in [2.75, 3.05) is 44.2 Å². The van der Waals surface area contributed by atoms with Crippen LogP contribution >= 0.6 is 0 Å². The fraction of sp³-hybridized carbons (Fsp3) is 0.333. The topological polar surface area (TPSA) is 83.5 Å². The number of carbonyl (C=O) groups excluding carboxylic acids is 1. The van der Waals surface area contributed by atoms with Gasteiger partial charge in [0.05, 0.1) is 43.4 Å². The molecule has 0 aromatic heterocycles. The van der Waals surface area contributed by atoms with Crippen LogP contribution in [0.2, 0.25) is 0 Å². The van der Waals surface area contributed by atoms with Crippen LogP contribution in [0.5, 0.6) is 0 Å². The first-order chi connectivity index (χ1) is 14.1. The first-order valence-electron chi connectivity index (χ1n) is 9.86. The molecular weight excluding hydrogens is 370 g/mol. The quantitative estimate of drug-likeness (QED) is 0.604. The van der Waals surface area contributed by atoms with Crippen LogP contribution in [0.3, 0.4) is 0 Å². The van der Waals surface area contributed by atoms with Gasteiger partial charge in [-0.25, -0.2) is 5.01 Å². The smallest absolute Gasteiger partial charge is 0.297 e. The predicted octanol–water partition coefficient (Wildman–Crippen LogP) is 0.936. The second-order valence-corrected chi connectivity index (χ2v) is 7.37. The van der Waals surface area contributed by atoms with Crippen molar-refractivity contribution < 1.29 is 14.6 Å². The number of amides is 1. The van der Waals surface area contributed by atoms with Crippen molar-refractivity contribution in [1.82, 2.24) is 5.01 Å². The summed E-state index contributed by atoms with van der Waals surface area (Å²) in [7, 11) is 0. The largest absolute Gasteiger partial charge is 0.360 e. The van der Waals surface area contributed by atoms with E-state index in [2.05, 4.69) is 10.0 Å². The number of hydrogen-bond acceptors (Lipinski definition) is 5. The zero-order chi connectivity index (χ0) is 20.2. The number of nitro benzene ring substituents is 1. The van der Waals surface area contributed by atoms with Gasteiger partial charge in [-0.3, -0.25) is 14.9 Å². The molecular formula is C21H24N5O3+. The number of quaternary nitrogens is 1. The Labute approximate surface area is 169 Å². The summed E-state index contributed by atoms with van der Waals surface area (Å²) >= 11 is 0. The normalized spacial score (nSPS) is 17.3. The van der Waals surface area contributed by atoms with Crippen LogP contribution in [0.4, 0.5) is 11.4 Å². The van der Waals surface area contributed by atoms with Gasteiger partial charge in [0.25, 0.3) is 11.6 Å². The Balaban J connectivity index is 1.29. The van der Waals surface area contributed by atoms with Crippen LogP contribution < -0.4 is 9.80 Å². The minimum Gasteiger partial charge on any atom is -0.360 e. The summed E-state index contributed by atoms with van der Waals surface area (Å²) in [6, 6.07) is 16.6. The van der Waals surface area contributed by atoms with E-state index in [1.54, 1.807) is 17.1 Å². The maximum Gasteiger partial charge on any atom is 0.297 e. The van der Waals surface area contributed by atoms with E-state index in [0.717, 1.165) is 49.6 Å². The molecule has 8 nitrogen and oxygen atoms in total. The lowest BCUT2D eigenvalue weighted by molar-refractivity contribution is -0.892. The summed E-state index contributed by atoms with van der Waals surface area (Å²) < 4.78 is 0. The summed E-state index contributed by atoms with van der Waals surface area (Å²) in [6.45, 7) is 4.43. The summed E-state index contributed by atoms with van der Waals surface area (Å²) in [4.78, 5) is 26.5. The molecule has 8 heteroatoms. The van der Waals surface area contributed by atoms with E-state index in [1.807, 2.05) is 30.3 Å². The van der Waals surface area contributed by atoms with Crippen LogP contribution in [0.1, 0.15) is 12.0 Å². The van der Waals surface area contributed by atoms with Crippen molar-refractivity contribution in [1.29, 1.82) is 0 Å². The number of nitrogens with zero attached hydrogens (tertiary/aromatic N) is 4. The molecule has 0 spiro atoms. The van der Waals surface area contributed by atoms with E-state index >= 15 is 0 Å². The Bertz CT molecular complexity index is 906. The molecule has 1 N–H and O–H groups in total. The van der Waals surface area contributed by atoms with Gasteiger partial charge >= 0.3 is 0 Å². The Morgan fingerprint density at radius 1 is 1.03 bits per heavy atom. The number of non-ortho nitro benzene ring substituents is 1. The third-order valence-electron chi connectivity index (χ3n) is 5.49. The molecule has 0 radical (unpaired) electrons. The molecule has 1 saturated heterocycles. The molecule has 0 bridgehead atoms. The van der Waals surface area contributed by atoms with Gasteiger partial charge in [-0.2, -0.15) is 5.10 Å². The van der Waals surface area contributed by atoms with E-state index in [0.29, 0.717) is 13.1 Å². The highest BCUT2D eigenvalue weighted by molar-refractivity contribution is 6.02. The van der Waals surface area contributed by atoms with E-state index in [9.17, 15) is 14.9 Å². The van der Waals surface area contributed by atoms with Gasteiger partial charge in [0.15, 0.2) is 6.54 Å². The third kappa shape index (κ3) is 4.43. The number of hydrogen-bond donors (Lipinski definition) is 1. The predicted molar refractivity (Wildman–Crippen MR) is 110 cm³/mol. The lowest BCUT2D eigenvalue weighted by Crippen LogP contribution is -3.15. The lowest BCUT2D eigenvalue weighted by Gasteiger charge is -2.33. The number of nitro groups is 1. The first kappa shape index (κ1) is 19.1. The van der Waals surface area contributed by atoms with Crippen LogP contribution in [0.15, 0.2) is 59.7 Å². The average Bonchev–Trinajstić information content (AvgIpc) is 3.26. The molecule has 2 aliphatic rings. The molecule has 150 valence electrons. The third-order valence-corrected chi connectivity index (χ3v) is 5.49. The molecule has 2 heterocycles. The van der Waals surface area contributed by atoms with Gasteiger partial charge in [0.2, 0.25) is 0 Å². The average molecular weight is 394 g/mol. The van der Waals surface area contributed by atoms with Crippen LogP contribution in [-0.2, 0) is 4.79 Å². The highest BCUT2D eigenvalue weighted by Gasteiger charge is 2.27. The monoisotopic (exact) mass is 394 g/mol. The molecule has 0 atom stereocenters. The van der Waals surface area contributed by atoms with Crippen molar-refractivity contribution in [2.45, 2.75) is 6.42 Å². The fourth-order valence-electron chi connectivity index (χ4n) is 3.82. The molecule has 1 amide bonds. The molecule has 2 aliphatic heterocycles. The zero-order valence-electron chi connectivity index (χ0n) is 16.2. The Morgan fingerprint density at radius 2 is 1.72 bits per heavy atom. The first-order valence-corrected chi connectivity index (χ1v) is 9.86. The van der Waals surface area contributed by atoms with Crippen molar-refractivity contribution in [2.24, 2.45) is 5.10 Å². The highest BCUT2D eigenvalue weighted by Crippen LogP contribution is 2.19. The van der Waals surface area contributed by atoms with E-state index < -0.39 is 0 Å². The van der Waals surface area contributed by atoms with Gasteiger partial charge in [-0.1, -0.05) is 30.3 Å². The molecule has 2 aromatic rings. The number of hydrazone groups is 1. The number of piperazine rings is 1. The highest BCUT2D eigenvalue weighted by atomic mass is 16.6. The number of anilines is 1. The standard InChI is InChI=1S/C21H23N5O3/c27-21(25-11-10-20(22-25)17-4-2-1-3-5-17)16-23-12-14-24(15-13-23)18-6-8-19(9-7-18)26(28)29/h1-9H,10-16H2/p+1. The van der Waals surface area contributed by atoms with E-state index in [1.165, 1.54) is 17.0 Å². The summed E-state index contributed by atoms with van der Waals surface area (Å²) in [5.41, 5.74) is 3.13. The second kappa shape index (κ2) is 8.40. The van der Waals surface area contributed by atoms with Gasteiger partial charge in [0, 0.05) is 24.2 Å². The van der Waals surface area contributed by atoms with Crippen molar-refractivity contribution in [3.63, 3.8) is 0 Å². The second-order valence-electron chi connectivity index (χ2n) is 7.37.